The Balaban J connectivity index is 2.83. The third kappa shape index (κ3) is 2.43. The van der Waals surface area contributed by atoms with Gasteiger partial charge in [0.1, 0.15) is 0 Å². The van der Waals surface area contributed by atoms with E-state index in [4.69, 9.17) is 5.73 Å². The molecule has 13 heavy (non-hydrogen) atoms. The molecular formula is C9H12N2O2. The van der Waals surface area contributed by atoms with Crippen LogP contribution in [0.2, 0.25) is 0 Å². The van der Waals surface area contributed by atoms with E-state index < -0.39 is 0 Å². The summed E-state index contributed by atoms with van der Waals surface area (Å²) in [5.74, 6) is -0.331. The second-order valence-corrected chi connectivity index (χ2v) is 2.80. The lowest BCUT2D eigenvalue weighted by Gasteiger charge is -2.03. The van der Waals surface area contributed by atoms with Gasteiger partial charge in [0.05, 0.1) is 24.9 Å². The van der Waals surface area contributed by atoms with Gasteiger partial charge in [-0.2, -0.15) is 0 Å². The molecular weight excluding hydrogens is 168 g/mol. The minimum absolute atomic E-state index is 0.128. The van der Waals surface area contributed by atoms with E-state index in [1.807, 2.05) is 6.92 Å². The summed E-state index contributed by atoms with van der Waals surface area (Å²) in [6.45, 7) is 1.89. The van der Waals surface area contributed by atoms with Crippen LogP contribution in [0.3, 0.4) is 0 Å². The van der Waals surface area contributed by atoms with E-state index in [0.717, 1.165) is 5.56 Å². The fourth-order valence-corrected chi connectivity index (χ4v) is 0.977. The van der Waals surface area contributed by atoms with Crippen LogP contribution in [-0.2, 0) is 16.0 Å². The van der Waals surface area contributed by atoms with E-state index in [2.05, 4.69) is 9.72 Å². The molecule has 0 atom stereocenters. The summed E-state index contributed by atoms with van der Waals surface area (Å²) in [6.07, 6.45) is 1.80. The number of rotatable bonds is 2. The van der Waals surface area contributed by atoms with Crippen molar-refractivity contribution in [3.05, 3.63) is 23.5 Å². The van der Waals surface area contributed by atoms with Crippen LogP contribution in [0.4, 0.5) is 5.69 Å². The molecule has 0 spiro atoms. The van der Waals surface area contributed by atoms with Gasteiger partial charge in [-0.15, -0.1) is 0 Å². The van der Waals surface area contributed by atoms with Crippen molar-refractivity contribution in [2.24, 2.45) is 0 Å². The van der Waals surface area contributed by atoms with Gasteiger partial charge in [0.25, 0.3) is 0 Å². The smallest absolute Gasteiger partial charge is 0.311 e. The molecule has 0 unspecified atom stereocenters. The number of nitrogen functional groups attached to an aromatic ring is 1. The van der Waals surface area contributed by atoms with E-state index in [-0.39, 0.29) is 12.4 Å². The van der Waals surface area contributed by atoms with Gasteiger partial charge in [0.2, 0.25) is 0 Å². The molecule has 2 N–H and O–H groups in total. The standard InChI is InChI=1S/C9H12N2O2/c1-6-3-7(10)8(11-5-6)4-9(12)13-2/h3,5H,4,10H2,1-2H3. The Morgan fingerprint density at radius 1 is 1.69 bits per heavy atom. The first kappa shape index (κ1) is 9.51. The lowest BCUT2D eigenvalue weighted by atomic mass is 10.2. The van der Waals surface area contributed by atoms with E-state index in [0.29, 0.717) is 11.4 Å². The van der Waals surface area contributed by atoms with Crippen molar-refractivity contribution >= 4 is 11.7 Å². The van der Waals surface area contributed by atoms with E-state index in [1.54, 1.807) is 12.3 Å². The number of carbonyl (C=O) groups excluding carboxylic acids is 1. The molecule has 70 valence electrons. The molecule has 1 aromatic heterocycles. The Labute approximate surface area is 76.7 Å². The molecule has 0 saturated carbocycles. The first-order chi connectivity index (χ1) is 6.13. The molecule has 1 rings (SSSR count). The van der Waals surface area contributed by atoms with Crippen molar-refractivity contribution in [3.8, 4) is 0 Å². The summed E-state index contributed by atoms with van der Waals surface area (Å²) in [4.78, 5) is 14.9. The second kappa shape index (κ2) is 3.89. The monoisotopic (exact) mass is 180 g/mol. The Morgan fingerprint density at radius 2 is 2.38 bits per heavy atom. The topological polar surface area (TPSA) is 65.2 Å². The third-order valence-corrected chi connectivity index (χ3v) is 1.68. The van der Waals surface area contributed by atoms with Gasteiger partial charge in [-0.25, -0.2) is 0 Å². The van der Waals surface area contributed by atoms with Crippen LogP contribution in [0.5, 0.6) is 0 Å². The Hall–Kier alpha value is -1.58. The average molecular weight is 180 g/mol. The predicted molar refractivity (Wildman–Crippen MR) is 49.1 cm³/mol. The van der Waals surface area contributed by atoms with E-state index >= 15 is 0 Å². The number of anilines is 1. The van der Waals surface area contributed by atoms with E-state index in [1.165, 1.54) is 7.11 Å². The maximum atomic E-state index is 10.9. The highest BCUT2D eigenvalue weighted by Crippen LogP contribution is 2.11. The third-order valence-electron chi connectivity index (χ3n) is 1.68. The highest BCUT2D eigenvalue weighted by molar-refractivity contribution is 5.73. The number of aryl methyl sites for hydroxylation is 1. The van der Waals surface area contributed by atoms with Crippen molar-refractivity contribution in [2.45, 2.75) is 13.3 Å². The van der Waals surface area contributed by atoms with E-state index in [9.17, 15) is 4.79 Å². The number of hydrogen-bond acceptors (Lipinski definition) is 4. The SMILES string of the molecule is COC(=O)Cc1ncc(C)cc1N. The summed E-state index contributed by atoms with van der Waals surface area (Å²) in [7, 11) is 1.34. The summed E-state index contributed by atoms with van der Waals surface area (Å²) in [5, 5.41) is 0. The molecule has 0 aliphatic carbocycles. The molecule has 1 aromatic rings. The zero-order valence-corrected chi connectivity index (χ0v) is 7.70. The van der Waals surface area contributed by atoms with Crippen molar-refractivity contribution in [1.29, 1.82) is 0 Å². The quantitative estimate of drug-likeness (QED) is 0.680. The van der Waals surface area contributed by atoms with Crippen molar-refractivity contribution in [1.82, 2.24) is 4.98 Å². The first-order valence-corrected chi connectivity index (χ1v) is 3.91. The van der Waals surface area contributed by atoms with Crippen molar-refractivity contribution < 1.29 is 9.53 Å². The number of ether oxygens (including phenoxy) is 1. The van der Waals surface area contributed by atoms with Crippen molar-refractivity contribution in [2.75, 3.05) is 12.8 Å². The molecule has 4 nitrogen and oxygen atoms in total. The second-order valence-electron chi connectivity index (χ2n) is 2.80. The fraction of sp³-hybridized carbons (Fsp3) is 0.333. The summed E-state index contributed by atoms with van der Waals surface area (Å²) in [5.41, 5.74) is 7.73. The van der Waals surface area contributed by atoms with Gasteiger partial charge in [-0.1, -0.05) is 0 Å². The largest absolute Gasteiger partial charge is 0.469 e. The van der Waals surface area contributed by atoms with Crippen LogP contribution < -0.4 is 5.73 Å². The van der Waals surface area contributed by atoms with Crippen molar-refractivity contribution in [3.63, 3.8) is 0 Å². The van der Waals surface area contributed by atoms with Gasteiger partial charge in [0.15, 0.2) is 0 Å². The normalized spacial score (nSPS) is 9.69. The molecule has 0 radical (unpaired) electrons. The predicted octanol–water partition coefficient (Wildman–Crippen LogP) is 0.688. The van der Waals surface area contributed by atoms with Gasteiger partial charge in [-0.05, 0) is 18.6 Å². The van der Waals surface area contributed by atoms with Gasteiger partial charge >= 0.3 is 5.97 Å². The number of nitrogens with two attached hydrogens (primary N) is 1. The molecule has 0 saturated heterocycles. The number of esters is 1. The summed E-state index contributed by atoms with van der Waals surface area (Å²) >= 11 is 0. The molecule has 0 aromatic carbocycles. The number of hydrogen-bond donors (Lipinski definition) is 1. The summed E-state index contributed by atoms with van der Waals surface area (Å²) in [6, 6.07) is 1.78. The van der Waals surface area contributed by atoms with Crippen LogP contribution in [0.25, 0.3) is 0 Å². The molecule has 0 aliphatic rings. The summed E-state index contributed by atoms with van der Waals surface area (Å²) < 4.78 is 4.50. The molecule has 0 bridgehead atoms. The number of nitrogens with zero attached hydrogens (tertiary/aromatic N) is 1. The fourth-order valence-electron chi connectivity index (χ4n) is 0.977. The van der Waals surface area contributed by atoms with Crippen LogP contribution in [0, 0.1) is 6.92 Å². The van der Waals surface area contributed by atoms with Crippen LogP contribution in [0.15, 0.2) is 12.3 Å². The molecule has 0 fully saturated rings. The van der Waals surface area contributed by atoms with Crippen LogP contribution in [0.1, 0.15) is 11.3 Å². The Bertz CT molecular complexity index is 323. The minimum atomic E-state index is -0.331. The number of carbonyl (C=O) groups is 1. The van der Waals surface area contributed by atoms with Gasteiger partial charge in [-0.3, -0.25) is 9.78 Å². The highest BCUT2D eigenvalue weighted by atomic mass is 16.5. The number of aromatic nitrogens is 1. The lowest BCUT2D eigenvalue weighted by Crippen LogP contribution is -2.08. The number of pyridine rings is 1. The van der Waals surface area contributed by atoms with Crippen LogP contribution >= 0.6 is 0 Å². The van der Waals surface area contributed by atoms with Gasteiger partial charge < -0.3 is 10.5 Å². The molecule has 0 aliphatic heterocycles. The minimum Gasteiger partial charge on any atom is -0.469 e. The molecule has 0 amide bonds. The van der Waals surface area contributed by atoms with Gasteiger partial charge in [0, 0.05) is 6.20 Å². The zero-order chi connectivity index (χ0) is 9.84. The maximum Gasteiger partial charge on any atom is 0.311 e. The Morgan fingerprint density at radius 3 is 2.92 bits per heavy atom. The highest BCUT2D eigenvalue weighted by Gasteiger charge is 2.07. The number of methoxy groups -OCH3 is 1. The first-order valence-electron chi connectivity index (χ1n) is 3.91. The Kier molecular flexibility index (Phi) is 2.84. The molecule has 1 heterocycles. The van der Waals surface area contributed by atoms with Crippen LogP contribution in [-0.4, -0.2) is 18.1 Å². The zero-order valence-electron chi connectivity index (χ0n) is 7.70. The average Bonchev–Trinajstić information content (AvgIpc) is 2.09. The lowest BCUT2D eigenvalue weighted by molar-refractivity contribution is -0.139. The maximum absolute atomic E-state index is 10.9. The molecule has 4 heteroatoms.